The molecule has 88 valence electrons. The Morgan fingerprint density at radius 2 is 1.82 bits per heavy atom. The number of para-hydroxylation sites is 1. The zero-order chi connectivity index (χ0) is 12.4. The van der Waals surface area contributed by atoms with Gasteiger partial charge in [0.15, 0.2) is 0 Å². The molecule has 0 radical (unpaired) electrons. The zero-order valence-electron chi connectivity index (χ0n) is 8.68. The normalized spacial score (nSPS) is 10.3. The molecule has 0 atom stereocenters. The van der Waals surface area contributed by atoms with Crippen LogP contribution in [0.4, 0.5) is 21.5 Å². The van der Waals surface area contributed by atoms with Crippen LogP contribution in [0.3, 0.4) is 0 Å². The van der Waals surface area contributed by atoms with Gasteiger partial charge < -0.3 is 11.1 Å². The van der Waals surface area contributed by atoms with Crippen molar-refractivity contribution < 1.29 is 4.39 Å². The van der Waals surface area contributed by atoms with E-state index in [1.807, 2.05) is 0 Å². The van der Waals surface area contributed by atoms with Gasteiger partial charge in [-0.2, -0.15) is 0 Å². The molecule has 0 fully saturated rings. The molecule has 2 aromatic rings. The average Bonchev–Trinajstić information content (AvgIpc) is 2.30. The van der Waals surface area contributed by atoms with E-state index in [0.717, 1.165) is 0 Å². The van der Waals surface area contributed by atoms with Crippen molar-refractivity contribution in [3.8, 4) is 0 Å². The molecule has 2 nitrogen and oxygen atoms in total. The first kappa shape index (κ1) is 12.0. The Hall–Kier alpha value is -1.45. The van der Waals surface area contributed by atoms with Crippen LogP contribution >= 0.6 is 23.2 Å². The summed E-state index contributed by atoms with van der Waals surface area (Å²) in [6, 6.07) is 9.62. The fraction of sp³-hybridized carbons (Fsp3) is 0. The Labute approximate surface area is 108 Å². The first-order valence-electron chi connectivity index (χ1n) is 4.84. The van der Waals surface area contributed by atoms with E-state index in [1.165, 1.54) is 12.1 Å². The highest BCUT2D eigenvalue weighted by Crippen LogP contribution is 2.30. The van der Waals surface area contributed by atoms with Crippen LogP contribution in [0.15, 0.2) is 36.4 Å². The van der Waals surface area contributed by atoms with Gasteiger partial charge in [-0.3, -0.25) is 0 Å². The molecule has 0 spiro atoms. The second-order valence-electron chi connectivity index (χ2n) is 3.45. The fourth-order valence-corrected chi connectivity index (χ4v) is 1.67. The third-order valence-corrected chi connectivity index (χ3v) is 2.89. The molecule has 0 amide bonds. The molecule has 0 bridgehead atoms. The molecular weight excluding hydrogens is 262 g/mol. The Bertz CT molecular complexity index is 558. The van der Waals surface area contributed by atoms with Crippen molar-refractivity contribution in [1.29, 1.82) is 0 Å². The molecule has 0 unspecified atom stereocenters. The summed E-state index contributed by atoms with van der Waals surface area (Å²) in [6.07, 6.45) is 0. The third-order valence-electron chi connectivity index (χ3n) is 2.25. The first-order chi connectivity index (χ1) is 8.08. The van der Waals surface area contributed by atoms with Crippen LogP contribution in [-0.2, 0) is 0 Å². The van der Waals surface area contributed by atoms with E-state index in [1.54, 1.807) is 24.3 Å². The maximum absolute atomic E-state index is 13.2. The van der Waals surface area contributed by atoms with Crippen LogP contribution in [-0.4, -0.2) is 0 Å². The number of nitrogens with one attached hydrogen (secondary N) is 1. The van der Waals surface area contributed by atoms with Crippen LogP contribution in [0.5, 0.6) is 0 Å². The topological polar surface area (TPSA) is 38.0 Å². The Balaban J connectivity index is 2.31. The van der Waals surface area contributed by atoms with Gasteiger partial charge in [0, 0.05) is 5.69 Å². The number of hydrogen-bond donors (Lipinski definition) is 2. The maximum Gasteiger partial charge on any atom is 0.143 e. The smallest absolute Gasteiger partial charge is 0.143 e. The van der Waals surface area contributed by atoms with E-state index in [0.29, 0.717) is 22.1 Å². The lowest BCUT2D eigenvalue weighted by atomic mass is 10.2. The summed E-state index contributed by atoms with van der Waals surface area (Å²) < 4.78 is 13.2. The Morgan fingerprint density at radius 3 is 2.53 bits per heavy atom. The van der Waals surface area contributed by atoms with E-state index < -0.39 is 5.82 Å². The van der Waals surface area contributed by atoms with E-state index in [9.17, 15) is 4.39 Å². The lowest BCUT2D eigenvalue weighted by Gasteiger charge is -2.10. The lowest BCUT2D eigenvalue weighted by Crippen LogP contribution is -1.97. The molecule has 3 N–H and O–H groups in total. The molecule has 5 heteroatoms. The maximum atomic E-state index is 13.2. The summed E-state index contributed by atoms with van der Waals surface area (Å²) >= 11 is 11.5. The number of hydrogen-bond acceptors (Lipinski definition) is 2. The van der Waals surface area contributed by atoms with Gasteiger partial charge in [-0.25, -0.2) is 4.39 Å². The second-order valence-corrected chi connectivity index (χ2v) is 4.27. The largest absolute Gasteiger partial charge is 0.396 e. The van der Waals surface area contributed by atoms with Gasteiger partial charge in [0.25, 0.3) is 0 Å². The second kappa shape index (κ2) is 4.82. The van der Waals surface area contributed by atoms with Crippen LogP contribution in [0.25, 0.3) is 0 Å². The highest BCUT2D eigenvalue weighted by molar-refractivity contribution is 6.33. The summed E-state index contributed by atoms with van der Waals surface area (Å²) in [6.45, 7) is 0. The molecule has 0 heterocycles. The number of anilines is 3. The molecule has 17 heavy (non-hydrogen) atoms. The average molecular weight is 271 g/mol. The number of benzene rings is 2. The van der Waals surface area contributed by atoms with E-state index in [-0.39, 0.29) is 5.02 Å². The standard InChI is InChI=1S/C12H9Cl2FN2/c13-8-5-4-7(6-10(8)15)17-11-3-1-2-9(14)12(11)16/h1-6,17H,16H2. The molecule has 0 saturated heterocycles. The molecule has 2 aromatic carbocycles. The fourth-order valence-electron chi connectivity index (χ4n) is 1.38. The molecule has 0 saturated carbocycles. The number of halogens is 3. The van der Waals surface area contributed by atoms with E-state index >= 15 is 0 Å². The van der Waals surface area contributed by atoms with Crippen LogP contribution in [0, 0.1) is 5.82 Å². The minimum absolute atomic E-state index is 0.0783. The molecule has 0 aliphatic rings. The quantitative estimate of drug-likeness (QED) is 0.791. The predicted molar refractivity (Wildman–Crippen MR) is 70.6 cm³/mol. The van der Waals surface area contributed by atoms with Gasteiger partial charge in [0.05, 0.1) is 21.4 Å². The van der Waals surface area contributed by atoms with Gasteiger partial charge in [0.1, 0.15) is 5.82 Å². The number of rotatable bonds is 2. The Kier molecular flexibility index (Phi) is 3.41. The van der Waals surface area contributed by atoms with Crippen LogP contribution in [0.2, 0.25) is 10.0 Å². The van der Waals surface area contributed by atoms with Crippen LogP contribution in [0.1, 0.15) is 0 Å². The summed E-state index contributed by atoms with van der Waals surface area (Å²) in [5.74, 6) is -0.489. The summed E-state index contributed by atoms with van der Waals surface area (Å²) in [5, 5.41) is 3.50. The minimum atomic E-state index is -0.489. The molecule has 0 aliphatic carbocycles. The van der Waals surface area contributed by atoms with Crippen molar-refractivity contribution in [2.24, 2.45) is 0 Å². The van der Waals surface area contributed by atoms with Crippen molar-refractivity contribution in [2.45, 2.75) is 0 Å². The van der Waals surface area contributed by atoms with Crippen molar-refractivity contribution in [1.82, 2.24) is 0 Å². The zero-order valence-corrected chi connectivity index (χ0v) is 10.2. The van der Waals surface area contributed by atoms with Gasteiger partial charge in [-0.1, -0.05) is 29.3 Å². The van der Waals surface area contributed by atoms with Crippen molar-refractivity contribution in [3.63, 3.8) is 0 Å². The van der Waals surface area contributed by atoms with Crippen molar-refractivity contribution >= 4 is 40.3 Å². The number of nitrogen functional groups attached to an aromatic ring is 1. The van der Waals surface area contributed by atoms with Crippen molar-refractivity contribution in [2.75, 3.05) is 11.1 Å². The van der Waals surface area contributed by atoms with Gasteiger partial charge in [-0.05, 0) is 30.3 Å². The molecule has 0 aliphatic heterocycles. The number of nitrogens with two attached hydrogens (primary N) is 1. The predicted octanol–water partition coefficient (Wildman–Crippen LogP) is 4.46. The first-order valence-corrected chi connectivity index (χ1v) is 5.59. The summed E-state index contributed by atoms with van der Waals surface area (Å²) in [7, 11) is 0. The van der Waals surface area contributed by atoms with Crippen LogP contribution < -0.4 is 11.1 Å². The molecular formula is C12H9Cl2FN2. The molecule has 2 rings (SSSR count). The highest BCUT2D eigenvalue weighted by Gasteiger charge is 2.05. The minimum Gasteiger partial charge on any atom is -0.396 e. The lowest BCUT2D eigenvalue weighted by molar-refractivity contribution is 0.629. The van der Waals surface area contributed by atoms with Gasteiger partial charge >= 0.3 is 0 Å². The van der Waals surface area contributed by atoms with E-state index in [4.69, 9.17) is 28.9 Å². The van der Waals surface area contributed by atoms with Gasteiger partial charge in [0.2, 0.25) is 0 Å². The summed E-state index contributed by atoms with van der Waals surface area (Å²) in [4.78, 5) is 0. The molecule has 0 aromatic heterocycles. The highest BCUT2D eigenvalue weighted by atomic mass is 35.5. The van der Waals surface area contributed by atoms with Gasteiger partial charge in [-0.15, -0.1) is 0 Å². The third kappa shape index (κ3) is 2.62. The monoisotopic (exact) mass is 270 g/mol. The Morgan fingerprint density at radius 1 is 1.06 bits per heavy atom. The SMILES string of the molecule is Nc1c(Cl)cccc1Nc1ccc(Cl)c(F)c1. The van der Waals surface area contributed by atoms with E-state index in [2.05, 4.69) is 5.32 Å². The van der Waals surface area contributed by atoms with Crippen molar-refractivity contribution in [3.05, 3.63) is 52.3 Å². The summed E-state index contributed by atoms with van der Waals surface area (Å²) in [5.41, 5.74) is 7.39.